The summed E-state index contributed by atoms with van der Waals surface area (Å²) in [6.07, 6.45) is 3.21. The number of aromatic amines is 1. The summed E-state index contributed by atoms with van der Waals surface area (Å²) < 4.78 is 6.03. The van der Waals surface area contributed by atoms with Crippen LogP contribution in [0.15, 0.2) is 24.4 Å². The third-order valence-electron chi connectivity index (χ3n) is 5.37. The molecule has 7 nitrogen and oxygen atoms in total. The summed E-state index contributed by atoms with van der Waals surface area (Å²) >= 11 is 0. The minimum Gasteiger partial charge on any atom is -0.371 e. The lowest BCUT2D eigenvalue weighted by Gasteiger charge is -2.47. The number of morpholine rings is 1. The van der Waals surface area contributed by atoms with Crippen LogP contribution in [0.1, 0.15) is 30.1 Å². The van der Waals surface area contributed by atoms with Crippen LogP contribution < -0.4 is 0 Å². The fraction of sp³-hybridized carbons (Fsp3) is 0.500. The van der Waals surface area contributed by atoms with E-state index in [1.807, 2.05) is 28.0 Å². The van der Waals surface area contributed by atoms with Crippen molar-refractivity contribution in [1.82, 2.24) is 20.0 Å². The highest BCUT2D eigenvalue weighted by Gasteiger charge is 2.41. The number of piperidine rings is 1. The van der Waals surface area contributed by atoms with E-state index < -0.39 is 0 Å². The number of fused-ring (bicyclic) bond motifs is 1. The highest BCUT2D eigenvalue weighted by molar-refractivity contribution is 6.06. The van der Waals surface area contributed by atoms with Crippen LogP contribution in [0.5, 0.6) is 0 Å². The van der Waals surface area contributed by atoms with E-state index in [9.17, 15) is 9.59 Å². The average Bonchev–Trinajstić information content (AvgIpc) is 3.10. The zero-order valence-electron chi connectivity index (χ0n) is 14.3. The number of hydrogen-bond donors (Lipinski definition) is 1. The van der Waals surface area contributed by atoms with Crippen molar-refractivity contribution in [2.75, 3.05) is 32.8 Å². The number of rotatable bonds is 1. The Labute approximate surface area is 145 Å². The van der Waals surface area contributed by atoms with Crippen molar-refractivity contribution in [1.29, 1.82) is 0 Å². The molecule has 1 aromatic heterocycles. The van der Waals surface area contributed by atoms with E-state index >= 15 is 0 Å². The van der Waals surface area contributed by atoms with Gasteiger partial charge in [0.15, 0.2) is 0 Å². The summed E-state index contributed by atoms with van der Waals surface area (Å²) in [5.74, 6) is 0.119. The summed E-state index contributed by atoms with van der Waals surface area (Å²) in [5.41, 5.74) is 1.24. The number of ether oxygens (including phenoxy) is 1. The number of benzene rings is 1. The van der Waals surface area contributed by atoms with Gasteiger partial charge in [0.2, 0.25) is 5.91 Å². The molecule has 2 fully saturated rings. The Morgan fingerprint density at radius 1 is 1.20 bits per heavy atom. The van der Waals surface area contributed by atoms with Gasteiger partial charge < -0.3 is 14.5 Å². The maximum atomic E-state index is 12.9. The van der Waals surface area contributed by atoms with E-state index in [0.717, 1.165) is 23.7 Å². The van der Waals surface area contributed by atoms with E-state index in [2.05, 4.69) is 10.2 Å². The van der Waals surface area contributed by atoms with Crippen molar-refractivity contribution < 1.29 is 14.3 Å². The Kier molecular flexibility index (Phi) is 3.95. The highest BCUT2D eigenvalue weighted by Crippen LogP contribution is 2.31. The predicted molar refractivity (Wildman–Crippen MR) is 92.2 cm³/mol. The molecule has 0 aliphatic carbocycles. The summed E-state index contributed by atoms with van der Waals surface area (Å²) in [7, 11) is 0. The van der Waals surface area contributed by atoms with Crippen molar-refractivity contribution in [3.63, 3.8) is 0 Å². The van der Waals surface area contributed by atoms with Gasteiger partial charge in [0.1, 0.15) is 0 Å². The van der Waals surface area contributed by atoms with Crippen LogP contribution in [-0.2, 0) is 9.53 Å². The molecule has 2 aromatic rings. The second-order valence-electron chi connectivity index (χ2n) is 6.90. The monoisotopic (exact) mass is 342 g/mol. The smallest absolute Gasteiger partial charge is 0.254 e. The molecule has 0 bridgehead atoms. The van der Waals surface area contributed by atoms with Gasteiger partial charge in [0, 0.05) is 38.5 Å². The number of carbonyl (C=O) groups is 2. The molecule has 7 heteroatoms. The summed E-state index contributed by atoms with van der Waals surface area (Å²) in [6.45, 7) is 4.73. The minimum atomic E-state index is -0.303. The van der Waals surface area contributed by atoms with Crippen molar-refractivity contribution in [2.45, 2.75) is 25.4 Å². The first-order chi connectivity index (χ1) is 12.1. The van der Waals surface area contributed by atoms with Crippen molar-refractivity contribution in [3.05, 3.63) is 30.0 Å². The summed E-state index contributed by atoms with van der Waals surface area (Å²) in [6, 6.07) is 5.63. The first kappa shape index (κ1) is 16.1. The van der Waals surface area contributed by atoms with E-state index in [1.165, 1.54) is 0 Å². The lowest BCUT2D eigenvalue weighted by Crippen LogP contribution is -2.58. The van der Waals surface area contributed by atoms with Gasteiger partial charge in [0.05, 0.1) is 29.5 Å². The van der Waals surface area contributed by atoms with Gasteiger partial charge in [0.25, 0.3) is 5.91 Å². The number of nitrogens with zero attached hydrogens (tertiary/aromatic N) is 3. The maximum Gasteiger partial charge on any atom is 0.254 e. The molecule has 1 N–H and O–H groups in total. The second-order valence-corrected chi connectivity index (χ2v) is 6.90. The van der Waals surface area contributed by atoms with E-state index in [0.29, 0.717) is 38.3 Å². The first-order valence-electron chi connectivity index (χ1n) is 8.69. The molecule has 2 saturated heterocycles. The van der Waals surface area contributed by atoms with Crippen LogP contribution in [0.2, 0.25) is 0 Å². The number of aromatic nitrogens is 2. The number of hydrogen-bond acceptors (Lipinski definition) is 4. The lowest BCUT2D eigenvalue weighted by atomic mass is 9.89. The average molecular weight is 342 g/mol. The van der Waals surface area contributed by atoms with Crippen LogP contribution in [0.3, 0.4) is 0 Å². The Morgan fingerprint density at radius 2 is 2.00 bits per heavy atom. The van der Waals surface area contributed by atoms with Crippen LogP contribution in [0.4, 0.5) is 0 Å². The van der Waals surface area contributed by atoms with Gasteiger partial charge in [-0.15, -0.1) is 0 Å². The first-order valence-corrected chi connectivity index (χ1v) is 8.69. The zero-order valence-corrected chi connectivity index (χ0v) is 14.3. The van der Waals surface area contributed by atoms with Gasteiger partial charge in [-0.1, -0.05) is 6.07 Å². The molecule has 2 amide bonds. The standard InChI is InChI=1S/C18H22N4O3/c1-13(23)22-9-10-25-18(12-22)5-7-21(8-6-18)17(24)14-3-2-4-16-15(14)11-19-20-16/h2-4,11H,5-10,12H2,1H3,(H,19,20). The zero-order chi connectivity index (χ0) is 17.4. The molecule has 25 heavy (non-hydrogen) atoms. The summed E-state index contributed by atoms with van der Waals surface area (Å²) in [5, 5.41) is 7.78. The fourth-order valence-corrected chi connectivity index (χ4v) is 3.86. The largest absolute Gasteiger partial charge is 0.371 e. The second kappa shape index (κ2) is 6.15. The van der Waals surface area contributed by atoms with Gasteiger partial charge >= 0.3 is 0 Å². The number of likely N-dealkylation sites (tertiary alicyclic amines) is 1. The highest BCUT2D eigenvalue weighted by atomic mass is 16.5. The van der Waals surface area contributed by atoms with Crippen LogP contribution in [-0.4, -0.2) is 70.2 Å². The molecule has 1 spiro atoms. The molecule has 0 saturated carbocycles. The Hall–Kier alpha value is -2.41. The third-order valence-corrected chi connectivity index (χ3v) is 5.37. The third kappa shape index (κ3) is 2.89. The Bertz CT molecular complexity index is 808. The number of nitrogens with one attached hydrogen (secondary N) is 1. The van der Waals surface area contributed by atoms with Crippen molar-refractivity contribution in [3.8, 4) is 0 Å². The molecular formula is C18H22N4O3. The normalized spacial score (nSPS) is 20.2. The number of amides is 2. The number of carbonyl (C=O) groups excluding carboxylic acids is 2. The molecule has 2 aliphatic rings. The molecule has 4 rings (SSSR count). The van der Waals surface area contributed by atoms with E-state index in [1.54, 1.807) is 13.1 Å². The van der Waals surface area contributed by atoms with Crippen molar-refractivity contribution >= 4 is 22.7 Å². The van der Waals surface area contributed by atoms with Gasteiger partial charge in [-0.25, -0.2) is 0 Å². The molecule has 2 aliphatic heterocycles. The Balaban J connectivity index is 1.47. The quantitative estimate of drug-likeness (QED) is 0.850. The van der Waals surface area contributed by atoms with Crippen LogP contribution in [0.25, 0.3) is 10.9 Å². The van der Waals surface area contributed by atoms with Gasteiger partial charge in [-0.2, -0.15) is 5.10 Å². The van der Waals surface area contributed by atoms with Gasteiger partial charge in [-0.3, -0.25) is 14.7 Å². The molecule has 132 valence electrons. The van der Waals surface area contributed by atoms with Crippen LogP contribution in [0, 0.1) is 0 Å². The molecule has 1 aromatic carbocycles. The van der Waals surface area contributed by atoms with Crippen molar-refractivity contribution in [2.24, 2.45) is 0 Å². The fourth-order valence-electron chi connectivity index (χ4n) is 3.86. The molecule has 0 unspecified atom stereocenters. The topological polar surface area (TPSA) is 78.5 Å². The minimum absolute atomic E-state index is 0.0288. The predicted octanol–water partition coefficient (Wildman–Crippen LogP) is 1.42. The molecule has 0 radical (unpaired) electrons. The summed E-state index contributed by atoms with van der Waals surface area (Å²) in [4.78, 5) is 28.3. The van der Waals surface area contributed by atoms with Gasteiger partial charge in [-0.05, 0) is 25.0 Å². The lowest BCUT2D eigenvalue weighted by molar-refractivity contribution is -0.156. The molecule has 3 heterocycles. The van der Waals surface area contributed by atoms with E-state index in [-0.39, 0.29) is 17.4 Å². The number of H-pyrrole nitrogens is 1. The molecule has 0 atom stereocenters. The van der Waals surface area contributed by atoms with E-state index in [4.69, 9.17) is 4.74 Å². The molecular weight excluding hydrogens is 320 g/mol. The Morgan fingerprint density at radius 3 is 2.76 bits per heavy atom. The SMILES string of the molecule is CC(=O)N1CCOC2(CCN(C(=O)c3cccc4[nH]ncc34)CC2)C1. The van der Waals surface area contributed by atoms with Crippen LogP contribution >= 0.6 is 0 Å². The maximum absolute atomic E-state index is 12.9.